The highest BCUT2D eigenvalue weighted by atomic mass is 32.2. The summed E-state index contributed by atoms with van der Waals surface area (Å²) in [5, 5.41) is 14.6. The van der Waals surface area contributed by atoms with E-state index in [4.69, 9.17) is 5.11 Å². The summed E-state index contributed by atoms with van der Waals surface area (Å²) in [6, 6.07) is 8.17. The van der Waals surface area contributed by atoms with Crippen LogP contribution in [0.5, 0.6) is 0 Å². The molecule has 5 heteroatoms. The Kier molecular flexibility index (Phi) is 4.47. The highest BCUT2D eigenvalue weighted by Gasteiger charge is 2.13. The minimum atomic E-state index is -0.739. The number of hydrogen-bond acceptors (Lipinski definition) is 3. The number of carbonyl (C=O) groups is 1. The fourth-order valence-corrected chi connectivity index (χ4v) is 2.97. The summed E-state index contributed by atoms with van der Waals surface area (Å²) in [5.74, 6) is 0.314. The van der Waals surface area contributed by atoms with E-state index in [0.717, 1.165) is 23.5 Å². The molecule has 1 atom stereocenters. The lowest BCUT2D eigenvalue weighted by atomic mass is 10.2. The van der Waals surface area contributed by atoms with Crippen molar-refractivity contribution in [3.8, 4) is 0 Å². The molecule has 0 amide bonds. The number of carboxylic acid groups (broad SMARTS) is 1. The van der Waals surface area contributed by atoms with Gasteiger partial charge in [0.05, 0.1) is 17.1 Å². The van der Waals surface area contributed by atoms with E-state index >= 15 is 0 Å². The molecule has 0 saturated heterocycles. The predicted molar refractivity (Wildman–Crippen MR) is 78.4 cm³/mol. The van der Waals surface area contributed by atoms with E-state index in [1.807, 2.05) is 16.8 Å². The lowest BCUT2D eigenvalue weighted by Gasteiger charge is -2.04. The van der Waals surface area contributed by atoms with Crippen molar-refractivity contribution in [2.45, 2.75) is 26.1 Å². The molecule has 19 heavy (non-hydrogen) atoms. The lowest BCUT2D eigenvalue weighted by Crippen LogP contribution is -2.11. The third-order valence-corrected chi connectivity index (χ3v) is 4.28. The molecule has 1 aromatic carbocycles. The van der Waals surface area contributed by atoms with Crippen LogP contribution in [-0.2, 0) is 17.1 Å². The number of nitrogens with zero attached hydrogens (tertiary/aromatic N) is 2. The molecule has 0 saturated carbocycles. The SMILES string of the molecule is CCn1nc(CSCC(C)C(=O)O)c2ccccc21. The minimum absolute atomic E-state index is 0.315. The first-order valence-electron chi connectivity index (χ1n) is 6.38. The number of benzene rings is 1. The highest BCUT2D eigenvalue weighted by Crippen LogP contribution is 2.23. The lowest BCUT2D eigenvalue weighted by molar-refractivity contribution is -0.140. The smallest absolute Gasteiger partial charge is 0.307 e. The highest BCUT2D eigenvalue weighted by molar-refractivity contribution is 7.98. The van der Waals surface area contributed by atoms with Crippen molar-refractivity contribution in [1.82, 2.24) is 9.78 Å². The molecule has 1 heterocycles. The zero-order valence-corrected chi connectivity index (χ0v) is 12.0. The van der Waals surface area contributed by atoms with E-state index in [1.54, 1.807) is 18.7 Å². The maximum atomic E-state index is 10.8. The number of fused-ring (bicyclic) bond motifs is 1. The molecule has 4 nitrogen and oxygen atoms in total. The Balaban J connectivity index is 2.10. The molecule has 1 N–H and O–H groups in total. The van der Waals surface area contributed by atoms with Crippen LogP contribution in [0.15, 0.2) is 24.3 Å². The molecular formula is C14H18N2O2S. The number of aromatic nitrogens is 2. The fraction of sp³-hybridized carbons (Fsp3) is 0.429. The van der Waals surface area contributed by atoms with E-state index in [2.05, 4.69) is 24.2 Å². The maximum absolute atomic E-state index is 10.8. The third kappa shape index (κ3) is 3.10. The largest absolute Gasteiger partial charge is 0.481 e. The van der Waals surface area contributed by atoms with E-state index in [1.165, 1.54) is 5.39 Å². The van der Waals surface area contributed by atoms with Crippen LogP contribution in [0.2, 0.25) is 0 Å². The van der Waals surface area contributed by atoms with Gasteiger partial charge in [-0.05, 0) is 13.0 Å². The second kappa shape index (κ2) is 6.10. The number of thioether (sulfide) groups is 1. The fourth-order valence-electron chi connectivity index (χ4n) is 1.95. The molecule has 0 aliphatic carbocycles. The van der Waals surface area contributed by atoms with Gasteiger partial charge in [-0.25, -0.2) is 0 Å². The summed E-state index contributed by atoms with van der Waals surface area (Å²) >= 11 is 1.62. The average molecular weight is 278 g/mol. The van der Waals surface area contributed by atoms with Crippen LogP contribution in [0.4, 0.5) is 0 Å². The van der Waals surface area contributed by atoms with Crippen molar-refractivity contribution in [2.24, 2.45) is 5.92 Å². The van der Waals surface area contributed by atoms with Crippen LogP contribution in [0.1, 0.15) is 19.5 Å². The first-order chi connectivity index (χ1) is 9.13. The normalized spacial score (nSPS) is 12.7. The number of hydrogen-bond donors (Lipinski definition) is 1. The Morgan fingerprint density at radius 1 is 1.47 bits per heavy atom. The first-order valence-corrected chi connectivity index (χ1v) is 7.54. The Hall–Kier alpha value is -1.49. The zero-order valence-electron chi connectivity index (χ0n) is 11.2. The van der Waals surface area contributed by atoms with Crippen LogP contribution in [0.3, 0.4) is 0 Å². The van der Waals surface area contributed by atoms with Gasteiger partial charge in [0, 0.05) is 23.4 Å². The summed E-state index contributed by atoms with van der Waals surface area (Å²) < 4.78 is 1.99. The summed E-state index contributed by atoms with van der Waals surface area (Å²) in [6.45, 7) is 4.65. The zero-order chi connectivity index (χ0) is 13.8. The summed E-state index contributed by atoms with van der Waals surface area (Å²) in [7, 11) is 0. The van der Waals surface area contributed by atoms with Crippen molar-refractivity contribution in [2.75, 3.05) is 5.75 Å². The van der Waals surface area contributed by atoms with Crippen LogP contribution < -0.4 is 0 Å². The van der Waals surface area contributed by atoms with Crippen molar-refractivity contribution < 1.29 is 9.90 Å². The van der Waals surface area contributed by atoms with E-state index in [-0.39, 0.29) is 5.92 Å². The quantitative estimate of drug-likeness (QED) is 0.882. The minimum Gasteiger partial charge on any atom is -0.481 e. The van der Waals surface area contributed by atoms with Gasteiger partial charge in [0.2, 0.25) is 0 Å². The number of carboxylic acids is 1. The van der Waals surface area contributed by atoms with Crippen molar-refractivity contribution in [3.05, 3.63) is 30.0 Å². The van der Waals surface area contributed by atoms with Gasteiger partial charge >= 0.3 is 5.97 Å². The third-order valence-electron chi connectivity index (χ3n) is 3.06. The molecule has 0 radical (unpaired) electrons. The molecule has 2 aromatic rings. The average Bonchev–Trinajstić information content (AvgIpc) is 2.77. The van der Waals surface area contributed by atoms with Gasteiger partial charge in [-0.3, -0.25) is 9.48 Å². The van der Waals surface area contributed by atoms with Gasteiger partial charge in [0.25, 0.3) is 0 Å². The van der Waals surface area contributed by atoms with E-state index in [0.29, 0.717) is 5.75 Å². The molecule has 1 unspecified atom stereocenters. The number of aliphatic carboxylic acids is 1. The molecule has 0 spiro atoms. The van der Waals surface area contributed by atoms with Crippen LogP contribution in [-0.4, -0.2) is 26.6 Å². The Morgan fingerprint density at radius 3 is 2.89 bits per heavy atom. The molecule has 102 valence electrons. The topological polar surface area (TPSA) is 55.1 Å². The second-order valence-electron chi connectivity index (χ2n) is 4.53. The monoisotopic (exact) mass is 278 g/mol. The summed E-state index contributed by atoms with van der Waals surface area (Å²) in [5.41, 5.74) is 2.19. The van der Waals surface area contributed by atoms with Gasteiger partial charge in [0.15, 0.2) is 0 Å². The molecule has 0 fully saturated rings. The van der Waals surface area contributed by atoms with Gasteiger partial charge in [-0.15, -0.1) is 0 Å². The Morgan fingerprint density at radius 2 is 2.21 bits per heavy atom. The number of para-hydroxylation sites is 1. The van der Waals surface area contributed by atoms with Crippen LogP contribution >= 0.6 is 11.8 Å². The van der Waals surface area contributed by atoms with Crippen LogP contribution in [0, 0.1) is 5.92 Å². The standard InChI is InChI=1S/C14H18N2O2S/c1-3-16-13-7-5-4-6-11(13)12(15-16)9-19-8-10(2)14(17)18/h4-7,10H,3,8-9H2,1-2H3,(H,17,18). The van der Waals surface area contributed by atoms with Crippen LogP contribution in [0.25, 0.3) is 10.9 Å². The molecular weight excluding hydrogens is 260 g/mol. The van der Waals surface area contributed by atoms with E-state index in [9.17, 15) is 4.79 Å². The molecule has 2 rings (SSSR count). The number of aryl methyl sites for hydroxylation is 1. The van der Waals surface area contributed by atoms with Gasteiger partial charge in [0.1, 0.15) is 0 Å². The summed E-state index contributed by atoms with van der Waals surface area (Å²) in [6.07, 6.45) is 0. The van der Waals surface area contributed by atoms with Gasteiger partial charge < -0.3 is 5.11 Å². The first kappa shape index (κ1) is 13.9. The van der Waals surface area contributed by atoms with Crippen molar-refractivity contribution in [1.29, 1.82) is 0 Å². The molecule has 1 aromatic heterocycles. The molecule has 0 bridgehead atoms. The van der Waals surface area contributed by atoms with Crippen molar-refractivity contribution in [3.63, 3.8) is 0 Å². The second-order valence-corrected chi connectivity index (χ2v) is 5.56. The Labute approximate surface area is 116 Å². The van der Waals surface area contributed by atoms with E-state index < -0.39 is 5.97 Å². The maximum Gasteiger partial charge on any atom is 0.307 e. The molecule has 0 aliphatic rings. The van der Waals surface area contributed by atoms with Gasteiger partial charge in [-0.2, -0.15) is 16.9 Å². The molecule has 0 aliphatic heterocycles. The Bertz CT molecular complexity index is 580. The predicted octanol–water partition coefficient (Wildman–Crippen LogP) is 3.01. The number of rotatable bonds is 6. The summed E-state index contributed by atoms with van der Waals surface area (Å²) in [4.78, 5) is 10.8. The van der Waals surface area contributed by atoms with Crippen molar-refractivity contribution >= 4 is 28.6 Å². The van der Waals surface area contributed by atoms with Gasteiger partial charge in [-0.1, -0.05) is 25.1 Å².